The smallest absolute Gasteiger partial charge is 0.141 e. The molecule has 102 valence electrons. The number of nitrogens with zero attached hydrogens (tertiary/aromatic N) is 1. The van der Waals surface area contributed by atoms with E-state index in [9.17, 15) is 8.78 Å². The Morgan fingerprint density at radius 1 is 1.15 bits per heavy atom. The number of aryl methyl sites for hydroxylation is 1. The molecule has 3 nitrogen and oxygen atoms in total. The summed E-state index contributed by atoms with van der Waals surface area (Å²) in [5, 5.41) is 0.678. The lowest BCUT2D eigenvalue weighted by Gasteiger charge is -2.09. The third-order valence-electron chi connectivity index (χ3n) is 3.29. The highest BCUT2D eigenvalue weighted by atomic mass is 19.1. The summed E-state index contributed by atoms with van der Waals surface area (Å²) in [5.41, 5.74) is 7.92. The number of hydrogen-bond donors (Lipinski definition) is 1. The summed E-state index contributed by atoms with van der Waals surface area (Å²) in [6.45, 7) is 1.81. The molecule has 0 fully saturated rings. The van der Waals surface area contributed by atoms with E-state index in [0.717, 1.165) is 11.8 Å². The van der Waals surface area contributed by atoms with Crippen LogP contribution < -0.4 is 5.73 Å². The highest BCUT2D eigenvalue weighted by molar-refractivity contribution is 5.82. The fraction of sp³-hybridized carbons (Fsp3) is 0.133. The molecule has 3 aromatic rings. The number of rotatable bonds is 2. The van der Waals surface area contributed by atoms with Crippen LogP contribution in [0.5, 0.6) is 0 Å². The van der Waals surface area contributed by atoms with E-state index in [1.165, 1.54) is 24.3 Å². The lowest BCUT2D eigenvalue weighted by molar-refractivity contribution is 0.515. The molecule has 0 aliphatic heterocycles. The summed E-state index contributed by atoms with van der Waals surface area (Å²) in [4.78, 5) is 3.95. The van der Waals surface area contributed by atoms with Crippen LogP contribution in [0.4, 0.5) is 8.78 Å². The van der Waals surface area contributed by atoms with Gasteiger partial charge >= 0.3 is 0 Å². The van der Waals surface area contributed by atoms with Crippen LogP contribution in [-0.4, -0.2) is 4.98 Å². The van der Waals surface area contributed by atoms with Gasteiger partial charge in [0.1, 0.15) is 29.0 Å². The maximum Gasteiger partial charge on any atom is 0.141 e. The molecule has 0 amide bonds. The Kier molecular flexibility index (Phi) is 2.99. The highest BCUT2D eigenvalue weighted by Crippen LogP contribution is 2.31. The van der Waals surface area contributed by atoms with Crippen molar-refractivity contribution in [2.24, 2.45) is 5.73 Å². The maximum absolute atomic E-state index is 13.3. The molecular formula is C15H12F2N2O. The minimum absolute atomic E-state index is 0.332. The molecule has 2 N–H and O–H groups in total. The monoisotopic (exact) mass is 274 g/mol. The number of fused-ring (bicyclic) bond motifs is 1. The summed E-state index contributed by atoms with van der Waals surface area (Å²) in [6.07, 6.45) is 1.10. The van der Waals surface area contributed by atoms with Gasteiger partial charge in [0, 0.05) is 10.9 Å². The minimum Gasteiger partial charge on any atom is -0.459 e. The van der Waals surface area contributed by atoms with Crippen molar-refractivity contribution in [3.8, 4) is 0 Å². The number of nitrogens with two attached hydrogens (primary N) is 1. The van der Waals surface area contributed by atoms with E-state index in [4.69, 9.17) is 10.2 Å². The fourth-order valence-electron chi connectivity index (χ4n) is 2.21. The number of hydrogen-bond acceptors (Lipinski definition) is 3. The second-order valence-corrected chi connectivity index (χ2v) is 4.61. The molecule has 2 heterocycles. The van der Waals surface area contributed by atoms with Crippen LogP contribution >= 0.6 is 0 Å². The van der Waals surface area contributed by atoms with Crippen LogP contribution in [0.25, 0.3) is 11.0 Å². The average molecular weight is 274 g/mol. The van der Waals surface area contributed by atoms with Crippen LogP contribution in [0.1, 0.15) is 23.1 Å². The predicted molar refractivity (Wildman–Crippen MR) is 71.1 cm³/mol. The summed E-state index contributed by atoms with van der Waals surface area (Å²) >= 11 is 0. The Hall–Kier alpha value is -2.27. The van der Waals surface area contributed by atoms with Crippen LogP contribution in [0.15, 0.2) is 40.9 Å². The summed E-state index contributed by atoms with van der Waals surface area (Å²) in [7, 11) is 0. The summed E-state index contributed by atoms with van der Waals surface area (Å²) in [5.74, 6) is -0.254. The molecule has 0 aliphatic carbocycles. The standard InChI is InChI=1S/C15H12F2N2O/c1-8-11-6-9(16)3-5-13(11)20-15(8)14(18)12-4-2-10(17)7-19-12/h2-7,14H,18H2,1H3. The van der Waals surface area contributed by atoms with E-state index in [1.807, 2.05) is 6.92 Å². The van der Waals surface area contributed by atoms with Gasteiger partial charge in [0.05, 0.1) is 11.9 Å². The van der Waals surface area contributed by atoms with Crippen LogP contribution in [0, 0.1) is 18.6 Å². The molecule has 20 heavy (non-hydrogen) atoms. The van der Waals surface area contributed by atoms with Crippen molar-refractivity contribution in [2.45, 2.75) is 13.0 Å². The van der Waals surface area contributed by atoms with Gasteiger partial charge in [-0.2, -0.15) is 0 Å². The quantitative estimate of drug-likeness (QED) is 0.778. The van der Waals surface area contributed by atoms with Gasteiger partial charge in [0.2, 0.25) is 0 Å². The van der Waals surface area contributed by atoms with Gasteiger partial charge in [-0.3, -0.25) is 4.98 Å². The molecular weight excluding hydrogens is 262 g/mol. The zero-order valence-electron chi connectivity index (χ0n) is 10.7. The first kappa shape index (κ1) is 12.7. The van der Waals surface area contributed by atoms with Crippen molar-refractivity contribution in [3.63, 3.8) is 0 Å². The van der Waals surface area contributed by atoms with Crippen molar-refractivity contribution < 1.29 is 13.2 Å². The largest absolute Gasteiger partial charge is 0.459 e. The summed E-state index contributed by atoms with van der Waals surface area (Å²) in [6, 6.07) is 6.48. The van der Waals surface area contributed by atoms with Gasteiger partial charge < -0.3 is 10.2 Å². The van der Waals surface area contributed by atoms with Crippen LogP contribution in [0.2, 0.25) is 0 Å². The fourth-order valence-corrected chi connectivity index (χ4v) is 2.21. The van der Waals surface area contributed by atoms with Gasteiger partial charge in [-0.1, -0.05) is 0 Å². The lowest BCUT2D eigenvalue weighted by Crippen LogP contribution is -2.13. The SMILES string of the molecule is Cc1c(C(N)c2ccc(F)cn2)oc2ccc(F)cc12. The van der Waals surface area contributed by atoms with Crippen molar-refractivity contribution in [3.05, 3.63) is 65.2 Å². The average Bonchev–Trinajstić information content (AvgIpc) is 2.76. The minimum atomic E-state index is -0.619. The molecule has 1 aromatic carbocycles. The van der Waals surface area contributed by atoms with Crippen LogP contribution in [-0.2, 0) is 0 Å². The van der Waals surface area contributed by atoms with Crippen LogP contribution in [0.3, 0.4) is 0 Å². The van der Waals surface area contributed by atoms with Gasteiger partial charge in [0.15, 0.2) is 0 Å². The van der Waals surface area contributed by atoms with E-state index < -0.39 is 11.9 Å². The zero-order chi connectivity index (χ0) is 14.3. The van der Waals surface area contributed by atoms with Crippen molar-refractivity contribution in [2.75, 3.05) is 0 Å². The first-order chi connectivity index (χ1) is 9.56. The van der Waals surface area contributed by atoms with Gasteiger partial charge in [-0.15, -0.1) is 0 Å². The molecule has 0 saturated heterocycles. The van der Waals surface area contributed by atoms with E-state index in [1.54, 1.807) is 6.07 Å². The number of aromatic nitrogens is 1. The number of halogens is 2. The first-order valence-electron chi connectivity index (χ1n) is 6.12. The molecule has 0 saturated carbocycles. The maximum atomic E-state index is 13.3. The number of furan rings is 1. The van der Waals surface area contributed by atoms with E-state index in [-0.39, 0.29) is 5.82 Å². The molecule has 1 atom stereocenters. The highest BCUT2D eigenvalue weighted by Gasteiger charge is 2.20. The number of pyridine rings is 1. The van der Waals surface area contributed by atoms with Gasteiger partial charge in [-0.25, -0.2) is 8.78 Å². The second-order valence-electron chi connectivity index (χ2n) is 4.61. The van der Waals surface area contributed by atoms with E-state index in [0.29, 0.717) is 22.4 Å². The number of benzene rings is 1. The first-order valence-corrected chi connectivity index (χ1v) is 6.12. The third kappa shape index (κ3) is 2.06. The molecule has 5 heteroatoms. The third-order valence-corrected chi connectivity index (χ3v) is 3.29. The Morgan fingerprint density at radius 2 is 1.90 bits per heavy atom. The van der Waals surface area contributed by atoms with E-state index >= 15 is 0 Å². The van der Waals surface area contributed by atoms with Crippen molar-refractivity contribution in [1.82, 2.24) is 4.98 Å². The molecule has 0 radical (unpaired) electrons. The molecule has 3 rings (SSSR count). The van der Waals surface area contributed by atoms with Gasteiger partial charge in [0.25, 0.3) is 0 Å². The molecule has 1 unspecified atom stereocenters. The molecule has 0 bridgehead atoms. The van der Waals surface area contributed by atoms with Gasteiger partial charge in [-0.05, 0) is 37.3 Å². The Balaban J connectivity index is 2.09. The Labute approximate surface area is 114 Å². The molecule has 0 aliphatic rings. The lowest BCUT2D eigenvalue weighted by atomic mass is 10.1. The van der Waals surface area contributed by atoms with Crippen molar-refractivity contribution >= 4 is 11.0 Å². The van der Waals surface area contributed by atoms with E-state index in [2.05, 4.69) is 4.98 Å². The van der Waals surface area contributed by atoms with Crippen molar-refractivity contribution in [1.29, 1.82) is 0 Å². The zero-order valence-corrected chi connectivity index (χ0v) is 10.7. The molecule has 2 aromatic heterocycles. The normalized spacial score (nSPS) is 12.8. The summed E-state index contributed by atoms with van der Waals surface area (Å²) < 4.78 is 31.8. The second kappa shape index (κ2) is 4.68. The molecule has 0 spiro atoms. The Bertz CT molecular complexity index is 765. The Morgan fingerprint density at radius 3 is 2.60 bits per heavy atom. The topological polar surface area (TPSA) is 52.0 Å². The predicted octanol–water partition coefficient (Wildman–Crippen LogP) is 3.46.